The minimum absolute atomic E-state index is 0.115. The van der Waals surface area contributed by atoms with Crippen LogP contribution in [0.1, 0.15) is 16.2 Å². The Balaban J connectivity index is 1.66. The van der Waals surface area contributed by atoms with Crippen molar-refractivity contribution in [1.29, 1.82) is 0 Å². The van der Waals surface area contributed by atoms with Crippen molar-refractivity contribution in [3.05, 3.63) is 101 Å². The first-order chi connectivity index (χ1) is 13.7. The van der Waals surface area contributed by atoms with Gasteiger partial charge in [-0.2, -0.15) is 0 Å². The summed E-state index contributed by atoms with van der Waals surface area (Å²) in [7, 11) is 0. The summed E-state index contributed by atoms with van der Waals surface area (Å²) in [6.07, 6.45) is 0. The van der Waals surface area contributed by atoms with E-state index in [1.165, 1.54) is 0 Å². The zero-order chi connectivity index (χ0) is 19.3. The maximum Gasteiger partial charge on any atom is 0.291 e. The van der Waals surface area contributed by atoms with E-state index in [0.29, 0.717) is 17.4 Å². The van der Waals surface area contributed by atoms with E-state index in [1.807, 2.05) is 72.8 Å². The lowest BCUT2D eigenvalue weighted by atomic mass is 10.2. The topological polar surface area (TPSA) is 59.8 Å². The predicted molar refractivity (Wildman–Crippen MR) is 109 cm³/mol. The Hall–Kier alpha value is -3.44. The molecule has 0 aliphatic heterocycles. The summed E-state index contributed by atoms with van der Waals surface area (Å²) in [5.41, 5.74) is 2.65. The van der Waals surface area contributed by atoms with Gasteiger partial charge in [-0.25, -0.2) is 9.67 Å². The Bertz CT molecular complexity index is 1080. The fourth-order valence-electron chi connectivity index (χ4n) is 2.80. The van der Waals surface area contributed by atoms with E-state index >= 15 is 0 Å². The molecule has 4 rings (SSSR count). The smallest absolute Gasteiger partial charge is 0.291 e. The zero-order valence-corrected chi connectivity index (χ0v) is 15.7. The second-order valence-corrected chi connectivity index (χ2v) is 6.62. The van der Waals surface area contributed by atoms with Gasteiger partial charge in [0.25, 0.3) is 5.91 Å². The molecule has 6 heteroatoms. The number of halogens is 1. The number of hydrogen-bond donors (Lipinski definition) is 1. The standard InChI is InChI=1S/C22H17ClN4O/c23-18-13-11-17(12-14-18)21-25-20(26-27(21)19-9-5-2-6-10-19)22(28)24-15-16-7-3-1-4-8-16/h1-14H,15H2,(H,24,28). The fraction of sp³-hybridized carbons (Fsp3) is 0.0455. The molecule has 5 nitrogen and oxygen atoms in total. The number of nitrogens with one attached hydrogen (secondary N) is 1. The van der Waals surface area contributed by atoms with Crippen LogP contribution < -0.4 is 5.32 Å². The third-order valence-corrected chi connectivity index (χ3v) is 4.46. The van der Waals surface area contributed by atoms with Gasteiger partial charge in [0.2, 0.25) is 5.82 Å². The highest BCUT2D eigenvalue weighted by Crippen LogP contribution is 2.23. The Labute approximate surface area is 167 Å². The number of carbonyl (C=O) groups excluding carboxylic acids is 1. The lowest BCUT2D eigenvalue weighted by Crippen LogP contribution is -2.24. The normalized spacial score (nSPS) is 10.6. The van der Waals surface area contributed by atoms with Crippen LogP contribution in [0, 0.1) is 0 Å². The first-order valence-electron chi connectivity index (χ1n) is 8.81. The molecule has 0 fully saturated rings. The maximum atomic E-state index is 12.6. The summed E-state index contributed by atoms with van der Waals surface area (Å²) in [6, 6.07) is 26.6. The zero-order valence-electron chi connectivity index (χ0n) is 14.9. The van der Waals surface area contributed by atoms with Crippen LogP contribution in [0.5, 0.6) is 0 Å². The Morgan fingerprint density at radius 2 is 1.54 bits per heavy atom. The maximum absolute atomic E-state index is 12.6. The van der Waals surface area contributed by atoms with Crippen LogP contribution in [0.4, 0.5) is 0 Å². The lowest BCUT2D eigenvalue weighted by Gasteiger charge is -2.05. The van der Waals surface area contributed by atoms with E-state index in [0.717, 1.165) is 16.8 Å². The molecule has 4 aromatic rings. The summed E-state index contributed by atoms with van der Waals surface area (Å²) in [4.78, 5) is 17.1. The minimum Gasteiger partial charge on any atom is -0.345 e. The van der Waals surface area contributed by atoms with Crippen LogP contribution >= 0.6 is 11.6 Å². The number of amides is 1. The van der Waals surface area contributed by atoms with Crippen molar-refractivity contribution >= 4 is 17.5 Å². The van der Waals surface area contributed by atoms with Crippen LogP contribution in [0.2, 0.25) is 5.02 Å². The number of nitrogens with zero attached hydrogens (tertiary/aromatic N) is 3. The van der Waals surface area contributed by atoms with Gasteiger partial charge in [0.05, 0.1) is 5.69 Å². The monoisotopic (exact) mass is 388 g/mol. The molecule has 0 saturated carbocycles. The third-order valence-electron chi connectivity index (χ3n) is 4.21. The van der Waals surface area contributed by atoms with Gasteiger partial charge in [-0.3, -0.25) is 4.79 Å². The molecule has 1 aromatic heterocycles. The molecule has 0 aliphatic carbocycles. The minimum atomic E-state index is -0.325. The van der Waals surface area contributed by atoms with Crippen LogP contribution in [0.15, 0.2) is 84.9 Å². The molecular formula is C22H17ClN4O. The van der Waals surface area contributed by atoms with Gasteiger partial charge in [0, 0.05) is 17.1 Å². The summed E-state index contributed by atoms with van der Waals surface area (Å²) < 4.78 is 1.67. The van der Waals surface area contributed by atoms with Gasteiger partial charge in [-0.05, 0) is 42.0 Å². The first kappa shape index (κ1) is 17.9. The number of aromatic nitrogens is 3. The molecule has 0 radical (unpaired) electrons. The van der Waals surface area contributed by atoms with Gasteiger partial charge in [0.15, 0.2) is 5.82 Å². The van der Waals surface area contributed by atoms with E-state index < -0.39 is 0 Å². The van der Waals surface area contributed by atoms with Gasteiger partial charge < -0.3 is 5.32 Å². The second-order valence-electron chi connectivity index (χ2n) is 6.18. The molecule has 1 N–H and O–H groups in total. The molecule has 0 unspecified atom stereocenters. The highest BCUT2D eigenvalue weighted by Gasteiger charge is 2.18. The van der Waals surface area contributed by atoms with E-state index in [2.05, 4.69) is 15.4 Å². The Kier molecular flexibility index (Phi) is 5.17. The van der Waals surface area contributed by atoms with Crippen molar-refractivity contribution in [2.75, 3.05) is 0 Å². The fourth-order valence-corrected chi connectivity index (χ4v) is 2.93. The van der Waals surface area contributed by atoms with Crippen molar-refractivity contribution in [1.82, 2.24) is 20.1 Å². The molecule has 0 bridgehead atoms. The Morgan fingerprint density at radius 3 is 2.21 bits per heavy atom. The second kappa shape index (κ2) is 8.06. The molecule has 28 heavy (non-hydrogen) atoms. The molecule has 1 heterocycles. The summed E-state index contributed by atoms with van der Waals surface area (Å²) in [5, 5.41) is 7.96. The quantitative estimate of drug-likeness (QED) is 0.547. The average molecular weight is 389 g/mol. The van der Waals surface area contributed by atoms with Crippen molar-refractivity contribution in [3.63, 3.8) is 0 Å². The van der Waals surface area contributed by atoms with E-state index in [1.54, 1.807) is 16.8 Å². The molecule has 138 valence electrons. The van der Waals surface area contributed by atoms with E-state index in [9.17, 15) is 4.79 Å². The molecule has 0 spiro atoms. The SMILES string of the molecule is O=C(NCc1ccccc1)c1nc(-c2ccc(Cl)cc2)n(-c2ccccc2)n1. The van der Waals surface area contributed by atoms with Crippen molar-refractivity contribution in [3.8, 4) is 17.1 Å². The number of hydrogen-bond acceptors (Lipinski definition) is 3. The lowest BCUT2D eigenvalue weighted by molar-refractivity contribution is 0.0940. The molecular weight excluding hydrogens is 372 g/mol. The van der Waals surface area contributed by atoms with Crippen LogP contribution in [-0.2, 0) is 6.54 Å². The summed E-state index contributed by atoms with van der Waals surface area (Å²) in [5.74, 6) is 0.367. The van der Waals surface area contributed by atoms with Gasteiger partial charge in [0.1, 0.15) is 0 Å². The molecule has 1 amide bonds. The Morgan fingerprint density at radius 1 is 0.893 bits per heavy atom. The first-order valence-corrected chi connectivity index (χ1v) is 9.19. The number of para-hydroxylation sites is 1. The average Bonchev–Trinajstić information content (AvgIpc) is 3.19. The van der Waals surface area contributed by atoms with Gasteiger partial charge >= 0.3 is 0 Å². The summed E-state index contributed by atoms with van der Waals surface area (Å²) >= 11 is 6.00. The highest BCUT2D eigenvalue weighted by atomic mass is 35.5. The molecule has 3 aromatic carbocycles. The third kappa shape index (κ3) is 3.94. The van der Waals surface area contributed by atoms with Crippen molar-refractivity contribution < 1.29 is 4.79 Å². The highest BCUT2D eigenvalue weighted by molar-refractivity contribution is 6.30. The van der Waals surface area contributed by atoms with Crippen molar-refractivity contribution in [2.45, 2.75) is 6.54 Å². The molecule has 0 aliphatic rings. The molecule has 0 saturated heterocycles. The van der Waals surface area contributed by atoms with Crippen LogP contribution in [-0.4, -0.2) is 20.7 Å². The van der Waals surface area contributed by atoms with Crippen LogP contribution in [0.25, 0.3) is 17.1 Å². The predicted octanol–water partition coefficient (Wildman–Crippen LogP) is 4.52. The van der Waals surface area contributed by atoms with Crippen molar-refractivity contribution in [2.24, 2.45) is 0 Å². The van der Waals surface area contributed by atoms with Crippen LogP contribution in [0.3, 0.4) is 0 Å². The van der Waals surface area contributed by atoms with Gasteiger partial charge in [-0.1, -0.05) is 60.1 Å². The van der Waals surface area contributed by atoms with E-state index in [4.69, 9.17) is 11.6 Å². The molecule has 0 atom stereocenters. The largest absolute Gasteiger partial charge is 0.345 e. The van der Waals surface area contributed by atoms with E-state index in [-0.39, 0.29) is 11.7 Å². The number of rotatable bonds is 5. The van der Waals surface area contributed by atoms with Gasteiger partial charge in [-0.15, -0.1) is 5.10 Å². The summed E-state index contributed by atoms with van der Waals surface area (Å²) in [6.45, 7) is 0.413. The number of carbonyl (C=O) groups is 1. The number of benzene rings is 3.